The van der Waals surface area contributed by atoms with Gasteiger partial charge in [-0.3, -0.25) is 0 Å². The molecule has 4 heteroatoms. The van der Waals surface area contributed by atoms with Crippen LogP contribution in [0.4, 0.5) is 0 Å². The second-order valence-electron chi connectivity index (χ2n) is 5.53. The van der Waals surface area contributed by atoms with Gasteiger partial charge in [-0.1, -0.05) is 61.7 Å². The maximum absolute atomic E-state index is 10.2. The van der Waals surface area contributed by atoms with Gasteiger partial charge in [-0.05, 0) is 48.4 Å². The van der Waals surface area contributed by atoms with Gasteiger partial charge in [0, 0.05) is 11.5 Å². The van der Waals surface area contributed by atoms with Crippen LogP contribution in [0, 0.1) is 0 Å². The summed E-state index contributed by atoms with van der Waals surface area (Å²) < 4.78 is 0. The topological polar surface area (TPSA) is 69.0 Å². The molecule has 1 aromatic carbocycles. The van der Waals surface area contributed by atoms with Gasteiger partial charge in [-0.25, -0.2) is 0 Å². The van der Waals surface area contributed by atoms with Crippen molar-refractivity contribution >= 4 is 6.08 Å². The number of azide groups is 1. The van der Waals surface area contributed by atoms with E-state index in [9.17, 15) is 5.11 Å². The van der Waals surface area contributed by atoms with Crippen LogP contribution < -0.4 is 0 Å². The van der Waals surface area contributed by atoms with Gasteiger partial charge in [-0.15, -0.1) is 0 Å². The van der Waals surface area contributed by atoms with Gasteiger partial charge in [0.05, 0.1) is 6.10 Å². The molecule has 0 aromatic heterocycles. The maximum atomic E-state index is 10.2. The number of rotatable bonds is 11. The number of benzene rings is 1. The number of unbranched alkanes of at least 4 members (excludes halogenated alkanes) is 4. The first-order chi connectivity index (χ1) is 10.8. The number of aliphatic hydroxyl groups excluding tert-OH is 1. The number of hydrogen-bond donors (Lipinski definition) is 1. The average Bonchev–Trinajstić information content (AvgIpc) is 2.54. The highest BCUT2D eigenvalue weighted by atomic mass is 16.3. The molecule has 1 aromatic rings. The Morgan fingerprint density at radius 2 is 2.14 bits per heavy atom. The summed E-state index contributed by atoms with van der Waals surface area (Å²) in [6, 6.07) is 8.11. The van der Waals surface area contributed by atoms with Gasteiger partial charge in [0.1, 0.15) is 0 Å². The summed E-state index contributed by atoms with van der Waals surface area (Å²) in [4.78, 5) is 2.74. The van der Waals surface area contributed by atoms with Crippen LogP contribution in [0.1, 0.15) is 69.1 Å². The second-order valence-corrected chi connectivity index (χ2v) is 5.53. The SMILES string of the molecule is CCCCCC(O)c1cccc(/C=C\CCCCN=[N+]=[N-])c1. The third kappa shape index (κ3) is 7.87. The third-order valence-corrected chi connectivity index (χ3v) is 3.63. The summed E-state index contributed by atoms with van der Waals surface area (Å²) in [7, 11) is 0. The number of hydrogen-bond acceptors (Lipinski definition) is 2. The number of allylic oxidation sites excluding steroid dienone is 1. The van der Waals surface area contributed by atoms with E-state index in [0.29, 0.717) is 6.54 Å². The molecule has 0 aliphatic carbocycles. The van der Waals surface area contributed by atoms with Crippen LogP contribution in [0.25, 0.3) is 16.5 Å². The fourth-order valence-electron chi connectivity index (χ4n) is 2.33. The van der Waals surface area contributed by atoms with Gasteiger partial charge in [-0.2, -0.15) is 0 Å². The molecular formula is C18H27N3O. The lowest BCUT2D eigenvalue weighted by Gasteiger charge is -2.11. The summed E-state index contributed by atoms with van der Waals surface area (Å²) in [5, 5.41) is 13.7. The Bertz CT molecular complexity index is 493. The summed E-state index contributed by atoms with van der Waals surface area (Å²) >= 11 is 0. The van der Waals surface area contributed by atoms with Crippen molar-refractivity contribution in [1.29, 1.82) is 0 Å². The van der Waals surface area contributed by atoms with E-state index in [1.165, 1.54) is 12.8 Å². The predicted octanol–water partition coefficient (Wildman–Crippen LogP) is 5.79. The Morgan fingerprint density at radius 3 is 2.91 bits per heavy atom. The summed E-state index contributed by atoms with van der Waals surface area (Å²) in [5.41, 5.74) is 10.3. The molecule has 0 radical (unpaired) electrons. The van der Waals surface area contributed by atoms with Gasteiger partial charge in [0.25, 0.3) is 0 Å². The molecule has 0 spiro atoms. The third-order valence-electron chi connectivity index (χ3n) is 3.63. The van der Waals surface area contributed by atoms with E-state index in [4.69, 9.17) is 5.53 Å². The molecule has 4 nitrogen and oxygen atoms in total. The number of nitrogens with zero attached hydrogens (tertiary/aromatic N) is 3. The highest BCUT2D eigenvalue weighted by molar-refractivity contribution is 5.50. The van der Waals surface area contributed by atoms with Crippen molar-refractivity contribution in [2.75, 3.05) is 6.54 Å². The lowest BCUT2D eigenvalue weighted by molar-refractivity contribution is 0.163. The van der Waals surface area contributed by atoms with E-state index in [-0.39, 0.29) is 6.10 Å². The summed E-state index contributed by atoms with van der Waals surface area (Å²) in [6.45, 7) is 2.74. The zero-order chi connectivity index (χ0) is 16.0. The molecule has 0 fully saturated rings. The first-order valence-corrected chi connectivity index (χ1v) is 8.23. The molecule has 0 aliphatic rings. The van der Waals surface area contributed by atoms with Crippen LogP contribution in [0.15, 0.2) is 35.5 Å². The Kier molecular flexibility index (Phi) is 9.84. The molecule has 120 valence electrons. The van der Waals surface area contributed by atoms with Crippen LogP contribution in [0.2, 0.25) is 0 Å². The van der Waals surface area contributed by atoms with Crippen molar-refractivity contribution in [1.82, 2.24) is 0 Å². The van der Waals surface area contributed by atoms with Crippen molar-refractivity contribution in [3.8, 4) is 0 Å². The normalized spacial score (nSPS) is 12.3. The van der Waals surface area contributed by atoms with Crippen molar-refractivity contribution in [3.05, 3.63) is 51.9 Å². The standard InChI is InChI=1S/C18H27N3O/c1-2-3-6-13-18(22)17-12-9-11-16(15-17)10-7-4-5-8-14-20-21-19/h7,9-12,15,18,22H,2-6,8,13-14H2,1H3/b10-7-. The Hall–Kier alpha value is -1.77. The second kappa shape index (κ2) is 11.8. The molecule has 0 amide bonds. The maximum Gasteiger partial charge on any atom is 0.0790 e. The monoisotopic (exact) mass is 301 g/mol. The molecule has 1 N–H and O–H groups in total. The predicted molar refractivity (Wildman–Crippen MR) is 92.4 cm³/mol. The van der Waals surface area contributed by atoms with Crippen LogP contribution in [0.3, 0.4) is 0 Å². The molecule has 0 heterocycles. The molecule has 0 saturated carbocycles. The minimum absolute atomic E-state index is 0.358. The molecular weight excluding hydrogens is 274 g/mol. The lowest BCUT2D eigenvalue weighted by Crippen LogP contribution is -1.97. The van der Waals surface area contributed by atoms with Gasteiger partial charge in [0.2, 0.25) is 0 Å². The average molecular weight is 301 g/mol. The van der Waals surface area contributed by atoms with Crippen molar-refractivity contribution in [2.45, 2.75) is 58.0 Å². The van der Waals surface area contributed by atoms with Gasteiger partial charge < -0.3 is 5.11 Å². The van der Waals surface area contributed by atoms with Gasteiger partial charge >= 0.3 is 0 Å². The molecule has 0 saturated heterocycles. The number of aliphatic hydroxyl groups is 1. The minimum Gasteiger partial charge on any atom is -0.388 e. The molecule has 0 aliphatic heterocycles. The van der Waals surface area contributed by atoms with Crippen LogP contribution in [-0.4, -0.2) is 11.7 Å². The van der Waals surface area contributed by atoms with E-state index in [2.05, 4.69) is 41.2 Å². The van der Waals surface area contributed by atoms with E-state index < -0.39 is 0 Å². The lowest BCUT2D eigenvalue weighted by atomic mass is 10.0. The van der Waals surface area contributed by atoms with Crippen molar-refractivity contribution in [2.24, 2.45) is 5.11 Å². The zero-order valence-electron chi connectivity index (χ0n) is 13.5. The Balaban J connectivity index is 2.41. The highest BCUT2D eigenvalue weighted by Gasteiger charge is 2.06. The van der Waals surface area contributed by atoms with Gasteiger partial charge in [0.15, 0.2) is 0 Å². The Morgan fingerprint density at radius 1 is 1.27 bits per heavy atom. The van der Waals surface area contributed by atoms with Crippen molar-refractivity contribution in [3.63, 3.8) is 0 Å². The van der Waals surface area contributed by atoms with Crippen LogP contribution in [-0.2, 0) is 0 Å². The fourth-order valence-corrected chi connectivity index (χ4v) is 2.33. The summed E-state index contributed by atoms with van der Waals surface area (Å²) in [5.74, 6) is 0. The first-order valence-electron chi connectivity index (χ1n) is 8.23. The molecule has 22 heavy (non-hydrogen) atoms. The molecule has 1 atom stereocenters. The fraction of sp³-hybridized carbons (Fsp3) is 0.556. The van der Waals surface area contributed by atoms with Crippen molar-refractivity contribution < 1.29 is 5.11 Å². The van der Waals surface area contributed by atoms with Crippen LogP contribution >= 0.6 is 0 Å². The Labute approximate surface area is 133 Å². The van der Waals surface area contributed by atoms with Crippen LogP contribution in [0.5, 0.6) is 0 Å². The molecule has 1 unspecified atom stereocenters. The minimum atomic E-state index is -0.358. The molecule has 0 bridgehead atoms. The van der Waals surface area contributed by atoms with E-state index >= 15 is 0 Å². The largest absolute Gasteiger partial charge is 0.388 e. The summed E-state index contributed by atoms with van der Waals surface area (Å²) in [6.07, 6.45) is 11.0. The highest BCUT2D eigenvalue weighted by Crippen LogP contribution is 2.21. The zero-order valence-corrected chi connectivity index (χ0v) is 13.5. The van der Waals surface area contributed by atoms with E-state index in [1.807, 2.05) is 12.1 Å². The quantitative estimate of drug-likeness (QED) is 0.239. The smallest absolute Gasteiger partial charge is 0.0790 e. The first kappa shape index (κ1) is 18.3. The van der Waals surface area contributed by atoms with E-state index in [0.717, 1.165) is 43.2 Å². The molecule has 1 rings (SSSR count). The van der Waals surface area contributed by atoms with E-state index in [1.54, 1.807) is 0 Å².